The van der Waals surface area contributed by atoms with Gasteiger partial charge in [0.1, 0.15) is 16.5 Å². The van der Waals surface area contributed by atoms with Crippen LogP contribution < -0.4 is 4.90 Å². The molecule has 2 aromatic heterocycles. The second-order valence-corrected chi connectivity index (χ2v) is 10.6. The summed E-state index contributed by atoms with van der Waals surface area (Å²) < 4.78 is 4.96. The number of aryl methyl sites for hydroxylation is 2. The van der Waals surface area contributed by atoms with E-state index in [9.17, 15) is 4.79 Å². The average Bonchev–Trinajstić information content (AvgIpc) is 3.39. The molecule has 0 unspecified atom stereocenters. The number of piperidine rings is 1. The summed E-state index contributed by atoms with van der Waals surface area (Å²) >= 11 is 9.57. The third-order valence-corrected chi connectivity index (χ3v) is 8.55. The lowest BCUT2D eigenvalue weighted by molar-refractivity contribution is -0.146. The summed E-state index contributed by atoms with van der Waals surface area (Å²) in [6.45, 7) is 1.64. The molecule has 0 saturated carbocycles. The highest BCUT2D eigenvalue weighted by molar-refractivity contribution is 7.98. The number of aromatic nitrogens is 2. The van der Waals surface area contributed by atoms with E-state index in [4.69, 9.17) is 26.3 Å². The van der Waals surface area contributed by atoms with Gasteiger partial charge in [0.05, 0.1) is 24.2 Å². The van der Waals surface area contributed by atoms with Gasteiger partial charge in [0.2, 0.25) is 0 Å². The normalized spacial score (nSPS) is 16.6. The highest BCUT2D eigenvalue weighted by atomic mass is 35.5. The van der Waals surface area contributed by atoms with Crippen LogP contribution in [0.5, 0.6) is 0 Å². The molecule has 1 aliphatic heterocycles. The lowest BCUT2D eigenvalue weighted by Crippen LogP contribution is -2.37. The Kier molecular flexibility index (Phi) is 6.08. The van der Waals surface area contributed by atoms with Crippen molar-refractivity contribution in [3.8, 4) is 0 Å². The monoisotopic (exact) mass is 473 g/mol. The number of hydrogen-bond acceptors (Lipinski definition) is 7. The summed E-state index contributed by atoms with van der Waals surface area (Å²) in [6, 6.07) is 7.89. The first-order valence-electron chi connectivity index (χ1n) is 10.6. The van der Waals surface area contributed by atoms with Gasteiger partial charge in [-0.05, 0) is 61.9 Å². The molecule has 1 aliphatic carbocycles. The number of thiophene rings is 1. The van der Waals surface area contributed by atoms with Crippen LogP contribution in [0.4, 0.5) is 5.82 Å². The van der Waals surface area contributed by atoms with Gasteiger partial charge >= 0.3 is 5.97 Å². The molecule has 5 rings (SSSR count). The van der Waals surface area contributed by atoms with Crippen LogP contribution >= 0.6 is 34.7 Å². The Morgan fingerprint density at radius 3 is 2.74 bits per heavy atom. The average molecular weight is 474 g/mol. The third-order valence-electron chi connectivity index (χ3n) is 6.10. The van der Waals surface area contributed by atoms with Crippen LogP contribution in [0.1, 0.15) is 35.5 Å². The number of esters is 1. The van der Waals surface area contributed by atoms with Crippen molar-refractivity contribution in [3.05, 3.63) is 45.6 Å². The molecule has 5 nitrogen and oxygen atoms in total. The van der Waals surface area contributed by atoms with Crippen molar-refractivity contribution in [1.82, 2.24) is 9.97 Å². The molecule has 162 valence electrons. The van der Waals surface area contributed by atoms with Crippen molar-refractivity contribution in [2.45, 2.75) is 42.8 Å². The summed E-state index contributed by atoms with van der Waals surface area (Å²) in [4.78, 5) is 28.0. The van der Waals surface area contributed by atoms with E-state index < -0.39 is 0 Å². The zero-order valence-corrected chi connectivity index (χ0v) is 19.8. The van der Waals surface area contributed by atoms with Gasteiger partial charge in [-0.3, -0.25) is 4.79 Å². The van der Waals surface area contributed by atoms with E-state index in [0.29, 0.717) is 5.75 Å². The minimum Gasteiger partial charge on any atom is -0.469 e. The van der Waals surface area contributed by atoms with Gasteiger partial charge in [-0.25, -0.2) is 9.97 Å². The molecule has 0 radical (unpaired) electrons. The van der Waals surface area contributed by atoms with Gasteiger partial charge in [-0.1, -0.05) is 11.6 Å². The van der Waals surface area contributed by atoms with E-state index in [2.05, 4.69) is 4.90 Å². The van der Waals surface area contributed by atoms with E-state index in [1.54, 1.807) is 11.8 Å². The number of carbonyl (C=O) groups is 1. The second kappa shape index (κ2) is 8.96. The minimum atomic E-state index is -0.0936. The number of fused-ring (bicyclic) bond motifs is 3. The molecule has 0 amide bonds. The van der Waals surface area contributed by atoms with Crippen LogP contribution in [0.15, 0.2) is 29.2 Å². The lowest BCUT2D eigenvalue weighted by Gasteiger charge is -2.32. The standard InChI is InChI=1S/C23H24ClN3O2S2/c1-29-23(28)14-9-11-27(12-10-14)21-20-17-3-2-4-18(17)31-22(20)26-19(25-21)13-30-16-7-5-15(24)6-8-16/h5-8,14H,2-4,9-13H2,1H3. The van der Waals surface area contributed by atoms with Crippen molar-refractivity contribution in [2.75, 3.05) is 25.1 Å². The number of carbonyl (C=O) groups excluding carboxylic acids is 1. The Morgan fingerprint density at radius 2 is 2.00 bits per heavy atom. The largest absolute Gasteiger partial charge is 0.469 e. The summed E-state index contributed by atoms with van der Waals surface area (Å²) in [5.41, 5.74) is 1.45. The first kappa shape index (κ1) is 21.0. The fraction of sp³-hybridized carbons (Fsp3) is 0.435. The number of halogens is 1. The van der Waals surface area contributed by atoms with Gasteiger partial charge < -0.3 is 9.64 Å². The molecular weight excluding hydrogens is 450 g/mol. The molecule has 0 atom stereocenters. The quantitative estimate of drug-likeness (QED) is 0.359. The van der Waals surface area contributed by atoms with Crippen LogP contribution in [0.25, 0.3) is 10.2 Å². The minimum absolute atomic E-state index is 0.00769. The number of benzene rings is 1. The van der Waals surface area contributed by atoms with Crippen molar-refractivity contribution in [3.63, 3.8) is 0 Å². The molecule has 1 fully saturated rings. The van der Waals surface area contributed by atoms with Crippen molar-refractivity contribution in [2.24, 2.45) is 5.92 Å². The Hall–Kier alpha value is -1.83. The highest BCUT2D eigenvalue weighted by Gasteiger charge is 2.30. The van der Waals surface area contributed by atoms with Gasteiger partial charge in [0.25, 0.3) is 0 Å². The molecule has 0 bridgehead atoms. The first-order valence-corrected chi connectivity index (χ1v) is 12.8. The zero-order valence-electron chi connectivity index (χ0n) is 17.4. The summed E-state index contributed by atoms with van der Waals surface area (Å²) in [7, 11) is 1.47. The number of methoxy groups -OCH3 is 1. The summed E-state index contributed by atoms with van der Waals surface area (Å²) in [5.74, 6) is 2.53. The second-order valence-electron chi connectivity index (χ2n) is 8.03. The Balaban J connectivity index is 1.44. The highest BCUT2D eigenvalue weighted by Crippen LogP contribution is 2.41. The molecule has 8 heteroatoms. The molecule has 0 spiro atoms. The Morgan fingerprint density at radius 1 is 1.23 bits per heavy atom. The fourth-order valence-electron chi connectivity index (χ4n) is 4.49. The van der Waals surface area contributed by atoms with Crippen LogP contribution in [0.2, 0.25) is 5.02 Å². The summed E-state index contributed by atoms with van der Waals surface area (Å²) in [6.07, 6.45) is 5.09. The number of ether oxygens (including phenoxy) is 1. The molecule has 31 heavy (non-hydrogen) atoms. The fourth-order valence-corrected chi connectivity index (χ4v) is 6.64. The maximum atomic E-state index is 12.0. The zero-order chi connectivity index (χ0) is 21.4. The smallest absolute Gasteiger partial charge is 0.308 e. The van der Waals surface area contributed by atoms with Gasteiger partial charge in [-0.2, -0.15) is 0 Å². The van der Waals surface area contributed by atoms with E-state index in [1.165, 1.54) is 29.4 Å². The molecule has 3 aromatic rings. The van der Waals surface area contributed by atoms with E-state index in [0.717, 1.165) is 65.2 Å². The van der Waals surface area contributed by atoms with Crippen molar-refractivity contribution in [1.29, 1.82) is 0 Å². The Bertz CT molecular complexity index is 1110. The molecule has 1 aromatic carbocycles. The van der Waals surface area contributed by atoms with Gasteiger partial charge in [0, 0.05) is 27.9 Å². The van der Waals surface area contributed by atoms with Gasteiger partial charge in [0.15, 0.2) is 0 Å². The van der Waals surface area contributed by atoms with E-state index >= 15 is 0 Å². The van der Waals surface area contributed by atoms with Crippen LogP contribution in [-0.4, -0.2) is 36.1 Å². The van der Waals surface area contributed by atoms with Crippen LogP contribution in [0, 0.1) is 5.92 Å². The predicted octanol–water partition coefficient (Wildman–Crippen LogP) is 5.52. The van der Waals surface area contributed by atoms with Crippen LogP contribution in [0.3, 0.4) is 0 Å². The topological polar surface area (TPSA) is 55.3 Å². The molecule has 1 saturated heterocycles. The number of rotatable bonds is 5. The number of nitrogens with zero attached hydrogens (tertiary/aromatic N) is 3. The van der Waals surface area contributed by atoms with E-state index in [1.807, 2.05) is 35.6 Å². The van der Waals surface area contributed by atoms with Crippen LogP contribution in [-0.2, 0) is 28.1 Å². The lowest BCUT2D eigenvalue weighted by atomic mass is 9.97. The Labute approximate surface area is 195 Å². The van der Waals surface area contributed by atoms with Gasteiger partial charge in [-0.15, -0.1) is 23.1 Å². The maximum Gasteiger partial charge on any atom is 0.308 e. The molecule has 2 aliphatic rings. The van der Waals surface area contributed by atoms with E-state index in [-0.39, 0.29) is 11.9 Å². The third kappa shape index (κ3) is 4.28. The predicted molar refractivity (Wildman–Crippen MR) is 127 cm³/mol. The number of hydrogen-bond donors (Lipinski definition) is 0. The molecule has 0 N–H and O–H groups in total. The molecular formula is C23H24ClN3O2S2. The SMILES string of the molecule is COC(=O)C1CCN(c2nc(CSc3ccc(Cl)cc3)nc3sc4c(c23)CCC4)CC1. The maximum absolute atomic E-state index is 12.0. The number of anilines is 1. The first-order chi connectivity index (χ1) is 15.1. The number of thioether (sulfide) groups is 1. The summed E-state index contributed by atoms with van der Waals surface area (Å²) in [5, 5.41) is 1.99. The van der Waals surface area contributed by atoms with Crippen molar-refractivity contribution >= 4 is 56.7 Å². The van der Waals surface area contributed by atoms with Crippen molar-refractivity contribution < 1.29 is 9.53 Å². The molecule has 3 heterocycles.